The molecule has 2 aromatic rings. The maximum atomic E-state index is 13.3. The fourth-order valence-electron chi connectivity index (χ4n) is 2.20. The van der Waals surface area contributed by atoms with Crippen LogP contribution in [0.15, 0.2) is 24.4 Å². The lowest BCUT2D eigenvalue weighted by molar-refractivity contribution is 0.216. The van der Waals surface area contributed by atoms with Gasteiger partial charge in [-0.05, 0) is 17.7 Å². The van der Waals surface area contributed by atoms with Crippen LogP contribution in [0.25, 0.3) is 0 Å². The lowest BCUT2D eigenvalue weighted by Gasteiger charge is -2.20. The lowest BCUT2D eigenvalue weighted by atomic mass is 9.87. The summed E-state index contributed by atoms with van der Waals surface area (Å²) in [6.07, 6.45) is 0.566. The fourth-order valence-corrected chi connectivity index (χ4v) is 2.20. The lowest BCUT2D eigenvalue weighted by Crippen LogP contribution is -2.16. The van der Waals surface area contributed by atoms with Crippen molar-refractivity contribution < 1.29 is 13.9 Å². The summed E-state index contributed by atoms with van der Waals surface area (Å²) in [6, 6.07) is 3.05. The van der Waals surface area contributed by atoms with Crippen LogP contribution in [0, 0.1) is 11.6 Å². The van der Waals surface area contributed by atoms with Gasteiger partial charge in [0.05, 0.1) is 5.69 Å². The molecule has 0 spiro atoms. The molecule has 0 aliphatic heterocycles. The van der Waals surface area contributed by atoms with Crippen molar-refractivity contribution in [1.29, 1.82) is 0 Å². The van der Waals surface area contributed by atoms with Gasteiger partial charge in [-0.3, -0.25) is 4.68 Å². The predicted molar refractivity (Wildman–Crippen MR) is 72.3 cm³/mol. The van der Waals surface area contributed by atoms with Crippen molar-refractivity contribution in [2.45, 2.75) is 32.3 Å². The third-order valence-corrected chi connectivity index (χ3v) is 3.06. The smallest absolute Gasteiger partial charge is 0.126 e. The number of halogens is 2. The highest BCUT2D eigenvalue weighted by Gasteiger charge is 2.26. The highest BCUT2D eigenvalue weighted by Crippen LogP contribution is 2.32. The Kier molecular flexibility index (Phi) is 3.65. The normalized spacial score (nSPS) is 13.6. The Morgan fingerprint density at radius 1 is 1.15 bits per heavy atom. The van der Waals surface area contributed by atoms with Crippen molar-refractivity contribution in [1.82, 2.24) is 9.78 Å². The van der Waals surface area contributed by atoms with E-state index in [0.717, 1.165) is 18.2 Å². The molecule has 1 N–H and O–H groups in total. The summed E-state index contributed by atoms with van der Waals surface area (Å²) in [4.78, 5) is 0. The molecule has 5 heteroatoms. The first-order chi connectivity index (χ1) is 9.18. The summed E-state index contributed by atoms with van der Waals surface area (Å²) in [5.74, 6) is -1.42. The van der Waals surface area contributed by atoms with E-state index in [1.54, 1.807) is 17.9 Å². The first kappa shape index (κ1) is 14.7. The van der Waals surface area contributed by atoms with Gasteiger partial charge in [0.25, 0.3) is 0 Å². The van der Waals surface area contributed by atoms with Gasteiger partial charge in [0.1, 0.15) is 17.7 Å². The number of rotatable bonds is 2. The number of benzene rings is 1. The molecule has 0 amide bonds. The monoisotopic (exact) mass is 280 g/mol. The maximum Gasteiger partial charge on any atom is 0.126 e. The molecule has 0 radical (unpaired) electrons. The van der Waals surface area contributed by atoms with Crippen LogP contribution < -0.4 is 0 Å². The molecule has 3 nitrogen and oxygen atoms in total. The third-order valence-electron chi connectivity index (χ3n) is 3.06. The molecule has 20 heavy (non-hydrogen) atoms. The van der Waals surface area contributed by atoms with Gasteiger partial charge in [0, 0.05) is 30.3 Å². The van der Waals surface area contributed by atoms with E-state index >= 15 is 0 Å². The SMILES string of the molecule is Cn1cc(C(O)c2cc(F)cc(F)c2)c(C(C)(C)C)n1. The molecule has 0 saturated carbocycles. The molecule has 0 fully saturated rings. The number of hydrogen-bond acceptors (Lipinski definition) is 2. The molecule has 108 valence electrons. The van der Waals surface area contributed by atoms with Crippen LogP contribution in [0.1, 0.15) is 43.7 Å². The highest BCUT2D eigenvalue weighted by atomic mass is 19.1. The number of aromatic nitrogens is 2. The van der Waals surface area contributed by atoms with Crippen molar-refractivity contribution in [3.8, 4) is 0 Å². The Hall–Kier alpha value is -1.75. The molecule has 0 saturated heterocycles. The summed E-state index contributed by atoms with van der Waals surface area (Å²) >= 11 is 0. The van der Waals surface area contributed by atoms with E-state index in [0.29, 0.717) is 11.3 Å². The molecule has 1 aromatic carbocycles. The molecule has 0 bridgehead atoms. The molecular formula is C15H18F2N2O. The molecule has 2 rings (SSSR count). The molecule has 1 heterocycles. The van der Waals surface area contributed by atoms with E-state index in [-0.39, 0.29) is 11.0 Å². The van der Waals surface area contributed by atoms with Gasteiger partial charge >= 0.3 is 0 Å². The maximum absolute atomic E-state index is 13.3. The van der Waals surface area contributed by atoms with Crippen molar-refractivity contribution in [2.75, 3.05) is 0 Å². The number of aliphatic hydroxyl groups is 1. The predicted octanol–water partition coefficient (Wildman–Crippen LogP) is 3.08. The van der Waals surface area contributed by atoms with Crippen LogP contribution >= 0.6 is 0 Å². The van der Waals surface area contributed by atoms with Crippen LogP contribution in [0.3, 0.4) is 0 Å². The Labute approximate surface area is 116 Å². The van der Waals surface area contributed by atoms with Gasteiger partial charge in [-0.25, -0.2) is 8.78 Å². The van der Waals surface area contributed by atoms with Crippen molar-refractivity contribution in [3.63, 3.8) is 0 Å². The van der Waals surface area contributed by atoms with Crippen LogP contribution in [0.5, 0.6) is 0 Å². The molecule has 0 aliphatic carbocycles. The van der Waals surface area contributed by atoms with Gasteiger partial charge in [-0.2, -0.15) is 5.10 Å². The Bertz CT molecular complexity index is 609. The number of aryl methyl sites for hydroxylation is 1. The van der Waals surface area contributed by atoms with Crippen LogP contribution in [0.2, 0.25) is 0 Å². The second kappa shape index (κ2) is 4.98. The van der Waals surface area contributed by atoms with E-state index in [1.807, 2.05) is 20.8 Å². The first-order valence-corrected chi connectivity index (χ1v) is 6.36. The zero-order valence-electron chi connectivity index (χ0n) is 12.0. The summed E-state index contributed by atoms with van der Waals surface area (Å²) in [7, 11) is 1.75. The second-order valence-electron chi connectivity index (χ2n) is 5.96. The zero-order valence-corrected chi connectivity index (χ0v) is 12.0. The average molecular weight is 280 g/mol. The van der Waals surface area contributed by atoms with E-state index in [4.69, 9.17) is 0 Å². The largest absolute Gasteiger partial charge is 0.384 e. The van der Waals surface area contributed by atoms with E-state index in [2.05, 4.69) is 5.10 Å². The van der Waals surface area contributed by atoms with Gasteiger partial charge < -0.3 is 5.11 Å². The zero-order chi connectivity index (χ0) is 15.1. The van der Waals surface area contributed by atoms with Crippen LogP contribution in [-0.4, -0.2) is 14.9 Å². The summed E-state index contributed by atoms with van der Waals surface area (Å²) in [5.41, 5.74) is 1.17. The minimum absolute atomic E-state index is 0.181. The minimum Gasteiger partial charge on any atom is -0.384 e. The number of aliphatic hydroxyl groups excluding tert-OH is 1. The molecular weight excluding hydrogens is 262 g/mol. The molecule has 1 unspecified atom stereocenters. The second-order valence-corrected chi connectivity index (χ2v) is 5.96. The third kappa shape index (κ3) is 2.88. The summed E-state index contributed by atoms with van der Waals surface area (Å²) in [5, 5.41) is 14.8. The van der Waals surface area contributed by atoms with Crippen molar-refractivity contribution >= 4 is 0 Å². The first-order valence-electron chi connectivity index (χ1n) is 6.36. The number of hydrogen-bond donors (Lipinski definition) is 1. The van der Waals surface area contributed by atoms with Crippen LogP contribution in [-0.2, 0) is 12.5 Å². The fraction of sp³-hybridized carbons (Fsp3) is 0.400. The highest BCUT2D eigenvalue weighted by molar-refractivity contribution is 5.34. The van der Waals surface area contributed by atoms with E-state index < -0.39 is 17.7 Å². The Morgan fingerprint density at radius 3 is 2.20 bits per heavy atom. The Morgan fingerprint density at radius 2 is 1.70 bits per heavy atom. The van der Waals surface area contributed by atoms with Gasteiger partial charge in [-0.15, -0.1) is 0 Å². The van der Waals surface area contributed by atoms with Gasteiger partial charge in [-0.1, -0.05) is 20.8 Å². The molecule has 1 aromatic heterocycles. The summed E-state index contributed by atoms with van der Waals surface area (Å²) in [6.45, 7) is 5.91. The topological polar surface area (TPSA) is 38.0 Å². The van der Waals surface area contributed by atoms with Crippen LogP contribution in [0.4, 0.5) is 8.78 Å². The number of nitrogens with zero attached hydrogens (tertiary/aromatic N) is 2. The van der Waals surface area contributed by atoms with Crippen molar-refractivity contribution in [2.24, 2.45) is 7.05 Å². The van der Waals surface area contributed by atoms with E-state index in [1.165, 1.54) is 0 Å². The average Bonchev–Trinajstić information content (AvgIpc) is 2.69. The standard InChI is InChI=1S/C15H18F2N2O/c1-15(2,3)14-12(8-19(4)18-14)13(20)9-5-10(16)7-11(17)6-9/h5-8,13,20H,1-4H3. The minimum atomic E-state index is -1.11. The van der Waals surface area contributed by atoms with Crippen molar-refractivity contribution in [3.05, 3.63) is 52.9 Å². The van der Waals surface area contributed by atoms with Gasteiger partial charge in [0.2, 0.25) is 0 Å². The quantitative estimate of drug-likeness (QED) is 0.918. The molecule has 1 atom stereocenters. The Balaban J connectivity index is 2.50. The summed E-state index contributed by atoms with van der Waals surface area (Å²) < 4.78 is 28.1. The molecule has 0 aliphatic rings. The van der Waals surface area contributed by atoms with Gasteiger partial charge in [0.15, 0.2) is 0 Å². The van der Waals surface area contributed by atoms with E-state index in [9.17, 15) is 13.9 Å².